The number of hydrogen-bond acceptors (Lipinski definition) is 6. The number of sulfonamides is 1. The van der Waals surface area contributed by atoms with E-state index in [-0.39, 0.29) is 36.8 Å². The van der Waals surface area contributed by atoms with Gasteiger partial charge in [0.2, 0.25) is 10.0 Å². The molecule has 0 radical (unpaired) electrons. The van der Waals surface area contributed by atoms with Crippen molar-refractivity contribution in [1.29, 1.82) is 0 Å². The normalized spacial score (nSPS) is 15.5. The molecule has 0 atom stereocenters. The predicted octanol–water partition coefficient (Wildman–Crippen LogP) is 2.49. The minimum absolute atomic E-state index is 0.129. The number of fused-ring (bicyclic) bond motifs is 1. The van der Waals surface area contributed by atoms with Crippen LogP contribution in [0.2, 0.25) is 0 Å². The van der Waals surface area contributed by atoms with E-state index in [1.54, 1.807) is 18.2 Å². The average molecular weight is 415 g/mol. The van der Waals surface area contributed by atoms with Crippen LogP contribution in [0.3, 0.4) is 0 Å². The van der Waals surface area contributed by atoms with Crippen molar-refractivity contribution < 1.29 is 22.6 Å². The fraction of sp³-hybridized carbons (Fsp3) is 0.211. The molecular formula is C19H17N3O6S. The van der Waals surface area contributed by atoms with Crippen LogP contribution >= 0.6 is 0 Å². The summed E-state index contributed by atoms with van der Waals surface area (Å²) in [6, 6.07) is 14.9. The van der Waals surface area contributed by atoms with Crippen molar-refractivity contribution in [3.63, 3.8) is 0 Å². The molecule has 150 valence electrons. The lowest BCUT2D eigenvalue weighted by atomic mass is 10.1. The van der Waals surface area contributed by atoms with Gasteiger partial charge >= 0.3 is 5.88 Å². The summed E-state index contributed by atoms with van der Waals surface area (Å²) in [6.07, 6.45) is 0. The Morgan fingerprint density at radius 2 is 1.66 bits per heavy atom. The van der Waals surface area contributed by atoms with Crippen LogP contribution < -0.4 is 0 Å². The number of nitro groups is 1. The highest BCUT2D eigenvalue weighted by Crippen LogP contribution is 2.24. The molecule has 1 aliphatic heterocycles. The largest absolute Gasteiger partial charge is 0.433 e. The first-order valence-corrected chi connectivity index (χ1v) is 10.3. The summed E-state index contributed by atoms with van der Waals surface area (Å²) in [5.41, 5.74) is 0. The molecule has 9 nitrogen and oxygen atoms in total. The van der Waals surface area contributed by atoms with Crippen LogP contribution in [0.25, 0.3) is 10.8 Å². The number of carbonyl (C=O) groups excluding carboxylic acids is 1. The Bertz CT molecular complexity index is 1200. The third kappa shape index (κ3) is 3.59. The number of rotatable bonds is 4. The predicted molar refractivity (Wildman–Crippen MR) is 104 cm³/mol. The third-order valence-electron chi connectivity index (χ3n) is 4.87. The van der Waals surface area contributed by atoms with Crippen molar-refractivity contribution in [3.05, 3.63) is 70.5 Å². The lowest BCUT2D eigenvalue weighted by Gasteiger charge is -2.33. The van der Waals surface area contributed by atoms with Crippen LogP contribution in [0.1, 0.15) is 10.6 Å². The maximum absolute atomic E-state index is 13.0. The summed E-state index contributed by atoms with van der Waals surface area (Å²) in [4.78, 5) is 24.1. The van der Waals surface area contributed by atoms with E-state index < -0.39 is 26.7 Å². The molecule has 1 aliphatic rings. The van der Waals surface area contributed by atoms with Crippen molar-refractivity contribution in [2.75, 3.05) is 26.2 Å². The molecule has 0 saturated carbocycles. The van der Waals surface area contributed by atoms with Crippen molar-refractivity contribution >= 4 is 32.6 Å². The molecule has 0 spiro atoms. The first kappa shape index (κ1) is 19.1. The van der Waals surface area contributed by atoms with Gasteiger partial charge in [0.05, 0.1) is 11.0 Å². The van der Waals surface area contributed by atoms with Gasteiger partial charge in [0.15, 0.2) is 5.76 Å². The quantitative estimate of drug-likeness (QED) is 0.478. The molecule has 0 aliphatic carbocycles. The van der Waals surface area contributed by atoms with Gasteiger partial charge in [-0.15, -0.1) is 0 Å². The summed E-state index contributed by atoms with van der Waals surface area (Å²) in [5.74, 6) is -1.14. The number of nitrogens with zero attached hydrogens (tertiary/aromatic N) is 3. The fourth-order valence-corrected chi connectivity index (χ4v) is 4.76. The molecule has 3 aromatic rings. The summed E-state index contributed by atoms with van der Waals surface area (Å²) >= 11 is 0. The number of piperazine rings is 1. The monoisotopic (exact) mass is 415 g/mol. The molecule has 2 aromatic carbocycles. The molecule has 1 amide bonds. The Hall–Kier alpha value is -3.24. The smallest absolute Gasteiger partial charge is 0.395 e. The Morgan fingerprint density at radius 3 is 2.31 bits per heavy atom. The number of furan rings is 1. The first-order valence-electron chi connectivity index (χ1n) is 8.89. The van der Waals surface area contributed by atoms with Crippen LogP contribution in [-0.2, 0) is 10.0 Å². The Morgan fingerprint density at radius 1 is 0.966 bits per heavy atom. The molecule has 1 saturated heterocycles. The van der Waals surface area contributed by atoms with E-state index in [0.717, 1.165) is 16.8 Å². The molecule has 1 aromatic heterocycles. The van der Waals surface area contributed by atoms with Gasteiger partial charge in [-0.2, -0.15) is 4.31 Å². The molecule has 4 rings (SSSR count). The second-order valence-corrected chi connectivity index (χ2v) is 8.54. The zero-order chi connectivity index (χ0) is 20.6. The molecule has 0 N–H and O–H groups in total. The highest BCUT2D eigenvalue weighted by atomic mass is 32.2. The summed E-state index contributed by atoms with van der Waals surface area (Å²) < 4.78 is 32.3. The van der Waals surface area contributed by atoms with Gasteiger partial charge in [-0.3, -0.25) is 14.9 Å². The van der Waals surface area contributed by atoms with Gasteiger partial charge in [-0.25, -0.2) is 8.42 Å². The van der Waals surface area contributed by atoms with Crippen LogP contribution in [0.4, 0.5) is 5.88 Å². The minimum Gasteiger partial charge on any atom is -0.395 e. The van der Waals surface area contributed by atoms with E-state index in [1.165, 1.54) is 15.3 Å². The van der Waals surface area contributed by atoms with Crippen LogP contribution in [-0.4, -0.2) is 54.6 Å². The first-order chi connectivity index (χ1) is 13.9. The average Bonchev–Trinajstić information content (AvgIpc) is 3.23. The van der Waals surface area contributed by atoms with Crippen LogP contribution in [0.15, 0.2) is 63.9 Å². The van der Waals surface area contributed by atoms with E-state index in [1.807, 2.05) is 24.3 Å². The van der Waals surface area contributed by atoms with Gasteiger partial charge in [0.1, 0.15) is 4.92 Å². The summed E-state index contributed by atoms with van der Waals surface area (Å²) in [5, 5.41) is 12.5. The third-order valence-corrected chi connectivity index (χ3v) is 6.76. The Labute approximate surface area is 166 Å². The van der Waals surface area contributed by atoms with Gasteiger partial charge in [0, 0.05) is 26.2 Å². The van der Waals surface area contributed by atoms with E-state index in [4.69, 9.17) is 4.42 Å². The summed E-state index contributed by atoms with van der Waals surface area (Å²) in [6.45, 7) is 0.591. The second-order valence-electron chi connectivity index (χ2n) is 6.60. The Kier molecular flexibility index (Phi) is 4.81. The lowest BCUT2D eigenvalue weighted by Crippen LogP contribution is -2.50. The minimum atomic E-state index is -3.69. The second kappa shape index (κ2) is 7.30. The molecule has 1 fully saturated rings. The maximum atomic E-state index is 13.0. The zero-order valence-electron chi connectivity index (χ0n) is 15.2. The number of amides is 1. The Balaban J connectivity index is 1.47. The van der Waals surface area contributed by atoms with Crippen LogP contribution in [0, 0.1) is 10.1 Å². The fourth-order valence-electron chi connectivity index (χ4n) is 3.31. The lowest BCUT2D eigenvalue weighted by molar-refractivity contribution is -0.402. The number of hydrogen-bond donors (Lipinski definition) is 0. The molecule has 2 heterocycles. The SMILES string of the molecule is O=C(c1ccc([N+](=O)[O-])o1)N1CCN(S(=O)(=O)c2ccc3ccccc3c2)CC1. The number of carbonyl (C=O) groups is 1. The topological polar surface area (TPSA) is 114 Å². The van der Waals surface area contributed by atoms with Crippen molar-refractivity contribution in [2.45, 2.75) is 4.90 Å². The van der Waals surface area contributed by atoms with Gasteiger partial charge in [0.25, 0.3) is 5.91 Å². The van der Waals surface area contributed by atoms with Crippen molar-refractivity contribution in [3.8, 4) is 0 Å². The summed E-state index contributed by atoms with van der Waals surface area (Å²) in [7, 11) is -3.69. The van der Waals surface area contributed by atoms with Crippen LogP contribution in [0.5, 0.6) is 0 Å². The van der Waals surface area contributed by atoms with E-state index in [2.05, 4.69) is 0 Å². The molecule has 29 heavy (non-hydrogen) atoms. The molecule has 10 heteroatoms. The highest BCUT2D eigenvalue weighted by Gasteiger charge is 2.32. The standard InChI is InChI=1S/C19H17N3O6S/c23-19(17-7-8-18(28-17)22(24)25)20-9-11-21(12-10-20)29(26,27)16-6-5-14-3-1-2-4-15(14)13-16/h1-8,13H,9-12H2. The van der Waals surface area contributed by atoms with Crippen molar-refractivity contribution in [1.82, 2.24) is 9.21 Å². The van der Waals surface area contributed by atoms with Gasteiger partial charge < -0.3 is 9.32 Å². The maximum Gasteiger partial charge on any atom is 0.433 e. The van der Waals surface area contributed by atoms with Crippen molar-refractivity contribution in [2.24, 2.45) is 0 Å². The van der Waals surface area contributed by atoms with Gasteiger partial charge in [-0.05, 0) is 29.0 Å². The molecular weight excluding hydrogens is 398 g/mol. The molecule has 0 bridgehead atoms. The molecule has 0 unspecified atom stereocenters. The zero-order valence-corrected chi connectivity index (χ0v) is 16.0. The van der Waals surface area contributed by atoms with E-state index in [0.29, 0.717) is 0 Å². The van der Waals surface area contributed by atoms with Gasteiger partial charge in [-0.1, -0.05) is 30.3 Å². The number of benzene rings is 2. The van der Waals surface area contributed by atoms with E-state index >= 15 is 0 Å². The highest BCUT2D eigenvalue weighted by molar-refractivity contribution is 7.89. The van der Waals surface area contributed by atoms with E-state index in [9.17, 15) is 23.3 Å².